The fourth-order valence-corrected chi connectivity index (χ4v) is 2.87. The van der Waals surface area contributed by atoms with E-state index in [2.05, 4.69) is 5.32 Å². The largest absolute Gasteiger partial charge is 0.459 e. The molecular weight excluding hydrogens is 314 g/mol. The van der Waals surface area contributed by atoms with Crippen LogP contribution >= 0.6 is 0 Å². The van der Waals surface area contributed by atoms with Crippen molar-refractivity contribution in [2.75, 3.05) is 0 Å². The van der Waals surface area contributed by atoms with Gasteiger partial charge in [0.2, 0.25) is 0 Å². The molecule has 1 atom stereocenters. The molecule has 0 aliphatic carbocycles. The quantitative estimate of drug-likeness (QED) is 0.581. The normalized spacial score (nSPS) is 12.2. The lowest BCUT2D eigenvalue weighted by Crippen LogP contribution is -2.28. The van der Waals surface area contributed by atoms with Gasteiger partial charge in [-0.1, -0.05) is 48.5 Å². The summed E-state index contributed by atoms with van der Waals surface area (Å²) in [6, 6.07) is 22.5. The Morgan fingerprint density at radius 3 is 2.40 bits per heavy atom. The molecule has 25 heavy (non-hydrogen) atoms. The van der Waals surface area contributed by atoms with E-state index in [0.717, 1.165) is 16.5 Å². The summed E-state index contributed by atoms with van der Waals surface area (Å²) in [5, 5.41) is 4.02. The van der Waals surface area contributed by atoms with E-state index in [1.165, 1.54) is 0 Å². The average Bonchev–Trinajstić information content (AvgIpc) is 3.26. The minimum atomic E-state index is -0.397. The van der Waals surface area contributed by atoms with Gasteiger partial charge in [0.05, 0.1) is 0 Å². The van der Waals surface area contributed by atoms with Crippen molar-refractivity contribution in [3.8, 4) is 0 Å². The molecule has 0 unspecified atom stereocenters. The molecule has 4 nitrogen and oxygen atoms in total. The zero-order valence-corrected chi connectivity index (χ0v) is 13.7. The average molecular weight is 331 g/mol. The Hall–Kier alpha value is -3.27. The van der Waals surface area contributed by atoms with E-state index in [1.54, 1.807) is 12.1 Å². The molecule has 0 aliphatic heterocycles. The van der Waals surface area contributed by atoms with Gasteiger partial charge < -0.3 is 14.2 Å². The molecule has 0 radical (unpaired) electrons. The molecule has 0 fully saturated rings. The first-order valence-electron chi connectivity index (χ1n) is 8.11. The topological polar surface area (TPSA) is 55.4 Å². The number of carbonyl (C=O) groups excluding carboxylic acids is 1. The summed E-state index contributed by atoms with van der Waals surface area (Å²) in [6.07, 6.45) is 0. The Bertz CT molecular complexity index is 981. The van der Waals surface area contributed by atoms with Crippen molar-refractivity contribution >= 4 is 16.9 Å². The highest BCUT2D eigenvalue weighted by Crippen LogP contribution is 2.28. The van der Waals surface area contributed by atoms with Gasteiger partial charge in [0.15, 0.2) is 5.76 Å². The zero-order chi connectivity index (χ0) is 17.2. The highest BCUT2D eigenvalue weighted by molar-refractivity contribution is 5.92. The lowest BCUT2D eigenvalue weighted by atomic mass is 10.0. The van der Waals surface area contributed by atoms with Crippen molar-refractivity contribution < 1.29 is 13.6 Å². The molecular formula is C21H17NO3. The van der Waals surface area contributed by atoms with Crippen LogP contribution in [0.3, 0.4) is 0 Å². The Kier molecular flexibility index (Phi) is 3.86. The first-order valence-corrected chi connectivity index (χ1v) is 8.11. The van der Waals surface area contributed by atoms with Gasteiger partial charge in [-0.15, -0.1) is 0 Å². The molecule has 4 aromatic rings. The van der Waals surface area contributed by atoms with E-state index < -0.39 is 6.04 Å². The van der Waals surface area contributed by atoms with Crippen LogP contribution in [0, 0.1) is 6.92 Å². The molecule has 2 heterocycles. The van der Waals surface area contributed by atoms with Gasteiger partial charge in [0.1, 0.15) is 23.1 Å². The van der Waals surface area contributed by atoms with E-state index in [4.69, 9.17) is 8.83 Å². The van der Waals surface area contributed by atoms with Crippen molar-refractivity contribution in [3.05, 3.63) is 95.6 Å². The Balaban J connectivity index is 1.72. The fourth-order valence-electron chi connectivity index (χ4n) is 2.87. The second-order valence-electron chi connectivity index (χ2n) is 5.91. The lowest BCUT2D eigenvalue weighted by molar-refractivity contribution is 0.0910. The predicted octanol–water partition coefficient (Wildman–Crippen LogP) is 4.85. The van der Waals surface area contributed by atoms with Crippen LogP contribution in [0.1, 0.15) is 33.7 Å². The number of furan rings is 2. The van der Waals surface area contributed by atoms with E-state index in [9.17, 15) is 4.79 Å². The minimum absolute atomic E-state index is 0.276. The van der Waals surface area contributed by atoms with Gasteiger partial charge in [-0.25, -0.2) is 0 Å². The smallest absolute Gasteiger partial charge is 0.287 e. The van der Waals surface area contributed by atoms with Gasteiger partial charge in [0, 0.05) is 5.39 Å². The van der Waals surface area contributed by atoms with Crippen molar-refractivity contribution in [3.63, 3.8) is 0 Å². The van der Waals surface area contributed by atoms with Crippen LogP contribution in [-0.2, 0) is 0 Å². The number of para-hydroxylation sites is 1. The maximum Gasteiger partial charge on any atom is 0.287 e. The van der Waals surface area contributed by atoms with Gasteiger partial charge >= 0.3 is 0 Å². The van der Waals surface area contributed by atoms with E-state index in [0.29, 0.717) is 11.5 Å². The number of rotatable bonds is 4. The number of carbonyl (C=O) groups is 1. The summed E-state index contributed by atoms with van der Waals surface area (Å²) in [5.41, 5.74) is 1.74. The Morgan fingerprint density at radius 1 is 0.920 bits per heavy atom. The molecule has 4 heteroatoms. The summed E-state index contributed by atoms with van der Waals surface area (Å²) in [7, 11) is 0. The summed E-state index contributed by atoms with van der Waals surface area (Å²) in [5.74, 6) is 1.39. The molecule has 4 rings (SSSR count). The van der Waals surface area contributed by atoms with Gasteiger partial charge in [-0.3, -0.25) is 4.79 Å². The number of aryl methyl sites for hydroxylation is 1. The highest BCUT2D eigenvalue weighted by atomic mass is 16.4. The van der Waals surface area contributed by atoms with Gasteiger partial charge in [-0.05, 0) is 36.8 Å². The maximum absolute atomic E-state index is 12.6. The molecule has 124 valence electrons. The molecule has 2 aromatic heterocycles. The number of fused-ring (bicyclic) bond motifs is 1. The zero-order valence-electron chi connectivity index (χ0n) is 13.7. The molecule has 1 N–H and O–H groups in total. The van der Waals surface area contributed by atoms with E-state index >= 15 is 0 Å². The molecule has 0 bridgehead atoms. The van der Waals surface area contributed by atoms with E-state index in [-0.39, 0.29) is 11.7 Å². The molecule has 0 saturated carbocycles. The van der Waals surface area contributed by atoms with Crippen LogP contribution in [-0.4, -0.2) is 5.91 Å². The standard InChI is InChI=1S/C21H17NO3/c1-14-11-12-18(24-14)21(23)22-20(15-7-3-2-4-8-15)19-13-16-9-5-6-10-17(16)25-19/h2-13,20H,1H3,(H,22,23)/t20-/m0/s1. The molecule has 0 spiro atoms. The number of nitrogens with one attached hydrogen (secondary N) is 1. The highest BCUT2D eigenvalue weighted by Gasteiger charge is 2.22. The first kappa shape index (κ1) is 15.3. The van der Waals surface area contributed by atoms with Crippen molar-refractivity contribution in [2.24, 2.45) is 0 Å². The fraction of sp³-hybridized carbons (Fsp3) is 0.0952. The van der Waals surface area contributed by atoms with Crippen LogP contribution in [0.5, 0.6) is 0 Å². The van der Waals surface area contributed by atoms with Crippen molar-refractivity contribution in [2.45, 2.75) is 13.0 Å². The number of hydrogen-bond acceptors (Lipinski definition) is 3. The third kappa shape index (κ3) is 3.06. The van der Waals surface area contributed by atoms with Crippen LogP contribution in [0.25, 0.3) is 11.0 Å². The third-order valence-electron chi connectivity index (χ3n) is 4.10. The predicted molar refractivity (Wildman–Crippen MR) is 95.4 cm³/mol. The number of hydrogen-bond donors (Lipinski definition) is 1. The summed E-state index contributed by atoms with van der Waals surface area (Å²) in [6.45, 7) is 1.81. The van der Waals surface area contributed by atoms with E-state index in [1.807, 2.05) is 67.6 Å². The number of amides is 1. The second-order valence-corrected chi connectivity index (χ2v) is 5.91. The van der Waals surface area contributed by atoms with Gasteiger partial charge in [-0.2, -0.15) is 0 Å². The van der Waals surface area contributed by atoms with Crippen LogP contribution in [0.2, 0.25) is 0 Å². The van der Waals surface area contributed by atoms with Crippen molar-refractivity contribution in [1.29, 1.82) is 0 Å². The second kappa shape index (κ2) is 6.32. The Morgan fingerprint density at radius 2 is 1.68 bits per heavy atom. The summed E-state index contributed by atoms with van der Waals surface area (Å²) in [4.78, 5) is 12.6. The SMILES string of the molecule is Cc1ccc(C(=O)N[C@@H](c2ccccc2)c2cc3ccccc3o2)o1. The van der Waals surface area contributed by atoms with Crippen LogP contribution in [0.4, 0.5) is 0 Å². The monoisotopic (exact) mass is 331 g/mol. The summed E-state index contributed by atoms with van der Waals surface area (Å²) >= 11 is 0. The lowest BCUT2D eigenvalue weighted by Gasteiger charge is -2.16. The summed E-state index contributed by atoms with van der Waals surface area (Å²) < 4.78 is 11.4. The molecule has 2 aromatic carbocycles. The molecule has 0 aliphatic rings. The minimum Gasteiger partial charge on any atom is -0.459 e. The molecule has 1 amide bonds. The first-order chi connectivity index (χ1) is 12.2. The molecule has 0 saturated heterocycles. The number of benzene rings is 2. The Labute approximate surface area is 145 Å². The van der Waals surface area contributed by atoms with Gasteiger partial charge in [0.25, 0.3) is 5.91 Å². The van der Waals surface area contributed by atoms with Crippen molar-refractivity contribution in [1.82, 2.24) is 5.32 Å². The van der Waals surface area contributed by atoms with Crippen LogP contribution in [0.15, 0.2) is 81.6 Å². The maximum atomic E-state index is 12.6. The van der Waals surface area contributed by atoms with Crippen LogP contribution < -0.4 is 5.32 Å². The third-order valence-corrected chi connectivity index (χ3v) is 4.10.